The molecule has 1 aliphatic heterocycles. The van der Waals surface area contributed by atoms with Crippen LogP contribution in [0, 0.1) is 0 Å². The van der Waals surface area contributed by atoms with Crippen molar-refractivity contribution in [3.8, 4) is 5.75 Å². The Morgan fingerprint density at radius 1 is 1.08 bits per heavy atom. The summed E-state index contributed by atoms with van der Waals surface area (Å²) in [4.78, 5) is 13.3. The van der Waals surface area contributed by atoms with E-state index in [9.17, 15) is 4.79 Å². The molecule has 1 aliphatic rings. The first-order chi connectivity index (χ1) is 11.7. The van der Waals surface area contributed by atoms with Crippen LogP contribution in [0.15, 0.2) is 42.5 Å². The summed E-state index contributed by atoms with van der Waals surface area (Å²) in [5.74, 6) is 0.708. The van der Waals surface area contributed by atoms with Crippen molar-refractivity contribution in [2.45, 2.75) is 32.6 Å². The predicted molar refractivity (Wildman–Crippen MR) is 98.3 cm³/mol. The van der Waals surface area contributed by atoms with Gasteiger partial charge in [-0.1, -0.05) is 31.9 Å². The van der Waals surface area contributed by atoms with Crippen LogP contribution in [0.3, 0.4) is 0 Å². The zero-order chi connectivity index (χ0) is 16.9. The number of anilines is 3. The average molecular weight is 324 g/mol. The van der Waals surface area contributed by atoms with E-state index >= 15 is 0 Å². The third-order valence-electron chi connectivity index (χ3n) is 4.36. The number of benzene rings is 2. The lowest BCUT2D eigenvalue weighted by molar-refractivity contribution is -0.120. The Labute approximate surface area is 143 Å². The highest BCUT2D eigenvalue weighted by molar-refractivity contribution is 5.97. The third-order valence-corrected chi connectivity index (χ3v) is 4.36. The highest BCUT2D eigenvalue weighted by Gasteiger charge is 2.22. The van der Waals surface area contributed by atoms with Gasteiger partial charge in [0.2, 0.25) is 0 Å². The van der Waals surface area contributed by atoms with Crippen LogP contribution in [-0.4, -0.2) is 19.6 Å². The Morgan fingerprint density at radius 2 is 1.83 bits per heavy atom. The first-order valence-electron chi connectivity index (χ1n) is 8.56. The van der Waals surface area contributed by atoms with Gasteiger partial charge >= 0.3 is 0 Å². The number of likely N-dealkylation sites (N-methyl/N-ethyl adjacent to an activating group) is 1. The van der Waals surface area contributed by atoms with Crippen LogP contribution >= 0.6 is 0 Å². The van der Waals surface area contributed by atoms with E-state index in [1.54, 1.807) is 11.9 Å². The van der Waals surface area contributed by atoms with E-state index in [0.717, 1.165) is 29.2 Å². The molecule has 0 unspecified atom stereocenters. The van der Waals surface area contributed by atoms with Crippen LogP contribution in [0.1, 0.15) is 31.7 Å². The van der Waals surface area contributed by atoms with Crippen LogP contribution < -0.4 is 15.0 Å². The summed E-state index contributed by atoms with van der Waals surface area (Å²) >= 11 is 0. The quantitative estimate of drug-likeness (QED) is 0.794. The van der Waals surface area contributed by atoms with Crippen molar-refractivity contribution >= 4 is 23.0 Å². The molecule has 2 aromatic rings. The fourth-order valence-corrected chi connectivity index (χ4v) is 2.86. The van der Waals surface area contributed by atoms with Crippen molar-refractivity contribution in [2.24, 2.45) is 0 Å². The van der Waals surface area contributed by atoms with Crippen molar-refractivity contribution in [1.29, 1.82) is 0 Å². The number of ether oxygens (including phenoxy) is 1. The van der Waals surface area contributed by atoms with Gasteiger partial charge in [0.15, 0.2) is 6.61 Å². The number of unbranched alkanes of at least 4 members (excludes halogenated alkanes) is 2. The van der Waals surface area contributed by atoms with Crippen molar-refractivity contribution in [3.05, 3.63) is 48.0 Å². The van der Waals surface area contributed by atoms with Crippen molar-refractivity contribution in [3.63, 3.8) is 0 Å². The van der Waals surface area contributed by atoms with Crippen LogP contribution in [0.2, 0.25) is 0 Å². The zero-order valence-electron chi connectivity index (χ0n) is 14.3. The molecule has 2 aromatic carbocycles. The number of carbonyl (C=O) groups is 1. The molecule has 0 spiro atoms. The van der Waals surface area contributed by atoms with Gasteiger partial charge in [0.05, 0.1) is 5.69 Å². The number of nitrogens with zero attached hydrogens (tertiary/aromatic N) is 1. The first-order valence-corrected chi connectivity index (χ1v) is 8.56. The Hall–Kier alpha value is -2.49. The van der Waals surface area contributed by atoms with Gasteiger partial charge in [-0.25, -0.2) is 0 Å². The van der Waals surface area contributed by atoms with Gasteiger partial charge in [-0.15, -0.1) is 0 Å². The Bertz CT molecular complexity index is 710. The molecule has 0 saturated carbocycles. The fraction of sp³-hybridized carbons (Fsp3) is 0.350. The van der Waals surface area contributed by atoms with Crippen LogP contribution in [0.25, 0.3) is 0 Å². The molecular formula is C20H24N2O2. The number of carbonyl (C=O) groups excluding carboxylic acids is 1. The molecule has 4 heteroatoms. The highest BCUT2D eigenvalue weighted by atomic mass is 16.5. The molecule has 1 N–H and O–H groups in total. The van der Waals surface area contributed by atoms with Crippen LogP contribution in [0.5, 0.6) is 5.75 Å². The number of fused-ring (bicyclic) bond motifs is 1. The van der Waals surface area contributed by atoms with Crippen molar-refractivity contribution < 1.29 is 9.53 Å². The molecule has 0 aliphatic carbocycles. The second-order valence-corrected chi connectivity index (χ2v) is 6.20. The van der Waals surface area contributed by atoms with Crippen LogP contribution in [-0.2, 0) is 11.2 Å². The second-order valence-electron chi connectivity index (χ2n) is 6.20. The Kier molecular flexibility index (Phi) is 5.04. The fourth-order valence-electron chi connectivity index (χ4n) is 2.86. The molecule has 0 saturated heterocycles. The molecule has 0 atom stereocenters. The minimum absolute atomic E-state index is 0.0260. The normalized spacial score (nSPS) is 13.4. The second kappa shape index (κ2) is 7.39. The summed E-state index contributed by atoms with van der Waals surface area (Å²) in [7, 11) is 1.77. The van der Waals surface area contributed by atoms with Gasteiger partial charge in [0.1, 0.15) is 5.75 Å². The summed E-state index contributed by atoms with van der Waals surface area (Å²) in [6, 6.07) is 14.4. The summed E-state index contributed by atoms with van der Waals surface area (Å²) in [5.41, 5.74) is 4.19. The smallest absolute Gasteiger partial charge is 0.264 e. The maximum atomic E-state index is 11.6. The molecule has 0 bridgehead atoms. The van der Waals surface area contributed by atoms with E-state index in [1.807, 2.05) is 18.2 Å². The van der Waals surface area contributed by atoms with Gasteiger partial charge in [-0.05, 0) is 42.7 Å². The molecular weight excluding hydrogens is 300 g/mol. The van der Waals surface area contributed by atoms with Crippen molar-refractivity contribution in [1.82, 2.24) is 0 Å². The van der Waals surface area contributed by atoms with E-state index < -0.39 is 0 Å². The van der Waals surface area contributed by atoms with Crippen LogP contribution in [0.4, 0.5) is 17.1 Å². The molecule has 4 nitrogen and oxygen atoms in total. The first kappa shape index (κ1) is 16.4. The highest BCUT2D eigenvalue weighted by Crippen LogP contribution is 2.34. The largest absolute Gasteiger partial charge is 0.481 e. The maximum Gasteiger partial charge on any atom is 0.264 e. The maximum absolute atomic E-state index is 11.6. The number of amides is 1. The van der Waals surface area contributed by atoms with Gasteiger partial charge < -0.3 is 15.0 Å². The molecule has 0 fully saturated rings. The monoisotopic (exact) mass is 324 g/mol. The molecule has 1 heterocycles. The van der Waals surface area contributed by atoms with E-state index in [-0.39, 0.29) is 12.5 Å². The predicted octanol–water partition coefficient (Wildman–Crippen LogP) is 4.52. The molecule has 0 aromatic heterocycles. The number of aryl methyl sites for hydroxylation is 1. The van der Waals surface area contributed by atoms with E-state index in [0.29, 0.717) is 0 Å². The number of nitrogens with one attached hydrogen (secondary N) is 1. The van der Waals surface area contributed by atoms with E-state index in [2.05, 4.69) is 36.5 Å². The molecule has 1 amide bonds. The lowest BCUT2D eigenvalue weighted by atomic mass is 10.1. The molecule has 0 radical (unpaired) electrons. The number of rotatable bonds is 6. The Balaban J connectivity index is 1.67. The topological polar surface area (TPSA) is 41.6 Å². The zero-order valence-corrected chi connectivity index (χ0v) is 14.3. The lowest BCUT2D eigenvalue weighted by Crippen LogP contribution is -2.35. The van der Waals surface area contributed by atoms with Gasteiger partial charge in [-0.3, -0.25) is 4.79 Å². The summed E-state index contributed by atoms with van der Waals surface area (Å²) in [6.45, 7) is 2.32. The minimum Gasteiger partial charge on any atom is -0.481 e. The van der Waals surface area contributed by atoms with Gasteiger partial charge in [-0.2, -0.15) is 0 Å². The molecule has 24 heavy (non-hydrogen) atoms. The van der Waals surface area contributed by atoms with Crippen molar-refractivity contribution in [2.75, 3.05) is 23.9 Å². The van der Waals surface area contributed by atoms with E-state index in [4.69, 9.17) is 4.74 Å². The number of hydrogen-bond donors (Lipinski definition) is 1. The molecule has 3 rings (SSSR count). The Morgan fingerprint density at radius 3 is 2.58 bits per heavy atom. The lowest BCUT2D eigenvalue weighted by Gasteiger charge is -2.26. The average Bonchev–Trinajstić information content (AvgIpc) is 2.60. The SMILES string of the molecule is CCCCCc1ccc(Nc2ccc3c(c2)OCC(=O)N3C)cc1. The number of hydrogen-bond acceptors (Lipinski definition) is 3. The summed E-state index contributed by atoms with van der Waals surface area (Å²) < 4.78 is 5.53. The minimum atomic E-state index is -0.0260. The summed E-state index contributed by atoms with van der Waals surface area (Å²) in [5, 5.41) is 3.39. The standard InChI is InChI=1S/C20H24N2O2/c1-3-4-5-6-15-7-9-16(10-8-15)21-17-11-12-18-19(13-17)24-14-20(23)22(18)2/h7-13,21H,3-6,14H2,1-2H3. The molecule has 126 valence electrons. The summed E-state index contributed by atoms with van der Waals surface area (Å²) in [6.07, 6.45) is 4.92. The third kappa shape index (κ3) is 3.70. The van der Waals surface area contributed by atoms with Gasteiger partial charge in [0, 0.05) is 24.5 Å². The van der Waals surface area contributed by atoms with E-state index in [1.165, 1.54) is 24.8 Å². The van der Waals surface area contributed by atoms with Gasteiger partial charge in [0.25, 0.3) is 5.91 Å².